The number of aryl methyl sites for hydroxylation is 1. The van der Waals surface area contributed by atoms with Crippen molar-refractivity contribution >= 4 is 28.5 Å². The molecule has 42 heavy (non-hydrogen) atoms. The van der Waals surface area contributed by atoms with E-state index in [2.05, 4.69) is 0 Å². The number of hydrogen-bond donors (Lipinski definition) is 0. The van der Waals surface area contributed by atoms with Crippen molar-refractivity contribution in [2.45, 2.75) is 19.6 Å². The van der Waals surface area contributed by atoms with Gasteiger partial charge in [-0.15, -0.1) is 0 Å². The van der Waals surface area contributed by atoms with Crippen molar-refractivity contribution in [3.05, 3.63) is 92.3 Å². The Morgan fingerprint density at radius 1 is 1.02 bits per heavy atom. The van der Waals surface area contributed by atoms with Crippen molar-refractivity contribution < 1.29 is 41.3 Å². The molecule has 1 aliphatic rings. The number of esters is 1. The Morgan fingerprint density at radius 2 is 1.71 bits per heavy atom. The van der Waals surface area contributed by atoms with E-state index in [0.29, 0.717) is 42.6 Å². The van der Waals surface area contributed by atoms with E-state index in [1.165, 1.54) is 49.6 Å². The van der Waals surface area contributed by atoms with Crippen LogP contribution in [0.25, 0.3) is 11.0 Å². The molecule has 12 heteroatoms. The van der Waals surface area contributed by atoms with Gasteiger partial charge in [-0.05, 0) is 67.1 Å². The van der Waals surface area contributed by atoms with E-state index in [1.807, 2.05) is 4.90 Å². The maximum absolute atomic E-state index is 14.3. The number of morpholine rings is 1. The van der Waals surface area contributed by atoms with Gasteiger partial charge in [-0.25, -0.2) is 4.79 Å². The smallest absolute Gasteiger partial charge is 0.453 e. The number of halogens is 4. The van der Waals surface area contributed by atoms with Gasteiger partial charge >= 0.3 is 12.1 Å². The number of fused-ring (bicyclic) bond motifs is 1. The Kier molecular flexibility index (Phi) is 8.44. The summed E-state index contributed by atoms with van der Waals surface area (Å²) in [6, 6.07) is 13.0. The predicted octanol–water partition coefficient (Wildman–Crippen LogP) is 6.63. The van der Waals surface area contributed by atoms with Crippen LogP contribution in [0.5, 0.6) is 23.0 Å². The second-order valence-corrected chi connectivity index (χ2v) is 9.93. The molecule has 2 heterocycles. The molecule has 1 fully saturated rings. The number of nitrogens with zero attached hydrogens (tertiary/aromatic N) is 1. The molecule has 5 rings (SSSR count). The van der Waals surface area contributed by atoms with E-state index >= 15 is 0 Å². The number of alkyl halides is 3. The third-order valence-electron chi connectivity index (χ3n) is 6.70. The van der Waals surface area contributed by atoms with E-state index in [0.717, 1.165) is 0 Å². The summed E-state index contributed by atoms with van der Waals surface area (Å²) in [7, 11) is 1.48. The second-order valence-electron chi connectivity index (χ2n) is 9.53. The summed E-state index contributed by atoms with van der Waals surface area (Å²) >= 11 is 6.03. The maximum Gasteiger partial charge on any atom is 0.453 e. The quantitative estimate of drug-likeness (QED) is 0.172. The molecule has 0 unspecified atom stereocenters. The van der Waals surface area contributed by atoms with Crippen LogP contribution in [0.15, 0.2) is 63.8 Å². The minimum atomic E-state index is -5.09. The van der Waals surface area contributed by atoms with Crippen LogP contribution in [-0.2, 0) is 17.5 Å². The van der Waals surface area contributed by atoms with Gasteiger partial charge in [0, 0.05) is 24.7 Å². The number of methoxy groups -OCH3 is 1. The van der Waals surface area contributed by atoms with Crippen molar-refractivity contribution in [1.29, 1.82) is 0 Å². The number of ether oxygens (including phenoxy) is 4. The van der Waals surface area contributed by atoms with Crippen molar-refractivity contribution in [1.82, 2.24) is 4.90 Å². The molecule has 0 aliphatic carbocycles. The van der Waals surface area contributed by atoms with Crippen molar-refractivity contribution in [3.8, 4) is 23.0 Å². The Hall–Kier alpha value is -4.06. The standard InChI is InChI=1S/C30H25ClF3NO7/c1-17-15-20(7-9-23(17)31)40-27-25(36)21-8-10-24(41-29(37)18-3-5-19(38-2)6-4-18)22(16-35-11-13-39-14-12-35)26(21)42-28(27)30(32,33)34/h3-10,15H,11-14,16H2,1-2H3. The monoisotopic (exact) mass is 603 g/mol. The van der Waals surface area contributed by atoms with Crippen LogP contribution in [0, 0.1) is 6.92 Å². The molecule has 1 aromatic heterocycles. The number of rotatable bonds is 7. The van der Waals surface area contributed by atoms with Gasteiger partial charge in [0.05, 0.1) is 36.8 Å². The van der Waals surface area contributed by atoms with Gasteiger partial charge in [-0.2, -0.15) is 13.2 Å². The Bertz CT molecular complexity index is 1680. The highest BCUT2D eigenvalue weighted by molar-refractivity contribution is 6.31. The largest absolute Gasteiger partial charge is 0.497 e. The second kappa shape index (κ2) is 12.0. The topological polar surface area (TPSA) is 87.4 Å². The lowest BCUT2D eigenvalue weighted by Gasteiger charge is -2.27. The van der Waals surface area contributed by atoms with Gasteiger partial charge < -0.3 is 23.4 Å². The molecule has 1 saturated heterocycles. The molecule has 0 bridgehead atoms. The van der Waals surface area contributed by atoms with Gasteiger partial charge in [-0.3, -0.25) is 9.69 Å². The zero-order valence-electron chi connectivity index (χ0n) is 22.5. The first-order chi connectivity index (χ1) is 20.0. The van der Waals surface area contributed by atoms with E-state index in [1.54, 1.807) is 19.1 Å². The average molecular weight is 604 g/mol. The van der Waals surface area contributed by atoms with Crippen LogP contribution >= 0.6 is 11.6 Å². The Balaban J connectivity index is 1.64. The van der Waals surface area contributed by atoms with Crippen molar-refractivity contribution in [3.63, 3.8) is 0 Å². The van der Waals surface area contributed by atoms with Gasteiger partial charge in [0.2, 0.25) is 11.2 Å². The lowest BCUT2D eigenvalue weighted by Crippen LogP contribution is -2.36. The summed E-state index contributed by atoms with van der Waals surface area (Å²) in [5.41, 5.74) is -0.560. The maximum atomic E-state index is 14.3. The minimum absolute atomic E-state index is 0.0207. The van der Waals surface area contributed by atoms with Crippen LogP contribution in [-0.4, -0.2) is 44.3 Å². The van der Waals surface area contributed by atoms with Gasteiger partial charge in [0.25, 0.3) is 5.76 Å². The van der Waals surface area contributed by atoms with E-state index < -0.39 is 29.1 Å². The molecule has 0 radical (unpaired) electrons. The zero-order valence-corrected chi connectivity index (χ0v) is 23.3. The van der Waals surface area contributed by atoms with Gasteiger partial charge in [0.1, 0.15) is 22.8 Å². The Morgan fingerprint density at radius 3 is 2.36 bits per heavy atom. The third kappa shape index (κ3) is 6.23. The first-order valence-corrected chi connectivity index (χ1v) is 13.2. The first-order valence-electron chi connectivity index (χ1n) is 12.9. The van der Waals surface area contributed by atoms with Crippen LogP contribution in [0.1, 0.15) is 27.2 Å². The number of hydrogen-bond acceptors (Lipinski definition) is 8. The third-order valence-corrected chi connectivity index (χ3v) is 7.12. The molecular formula is C30H25ClF3NO7. The summed E-state index contributed by atoms with van der Waals surface area (Å²) < 4.78 is 70.0. The lowest BCUT2D eigenvalue weighted by atomic mass is 10.1. The fourth-order valence-corrected chi connectivity index (χ4v) is 4.59. The molecule has 0 saturated carbocycles. The van der Waals surface area contributed by atoms with Gasteiger partial charge in [-0.1, -0.05) is 11.6 Å². The zero-order chi connectivity index (χ0) is 30.0. The number of benzene rings is 3. The molecule has 8 nitrogen and oxygen atoms in total. The SMILES string of the molecule is COc1ccc(C(=O)Oc2ccc3c(=O)c(Oc4ccc(Cl)c(C)c4)c(C(F)(F)F)oc3c2CN2CCOCC2)cc1. The molecule has 0 amide bonds. The van der Waals surface area contributed by atoms with Crippen molar-refractivity contribution in [2.24, 2.45) is 0 Å². The average Bonchev–Trinajstić information content (AvgIpc) is 2.97. The summed E-state index contributed by atoms with van der Waals surface area (Å²) in [4.78, 5) is 28.4. The highest BCUT2D eigenvalue weighted by Gasteiger charge is 2.41. The molecular weight excluding hydrogens is 579 g/mol. The summed E-state index contributed by atoms with van der Waals surface area (Å²) in [5.74, 6) is -2.93. The first kappa shape index (κ1) is 29.4. The minimum Gasteiger partial charge on any atom is -0.497 e. The van der Waals surface area contributed by atoms with E-state index in [4.69, 9.17) is 35.0 Å². The molecule has 0 spiro atoms. The summed E-state index contributed by atoms with van der Waals surface area (Å²) in [5, 5.41) is 0.213. The van der Waals surface area contributed by atoms with Gasteiger partial charge in [0.15, 0.2) is 0 Å². The molecule has 4 aromatic rings. The highest BCUT2D eigenvalue weighted by atomic mass is 35.5. The fourth-order valence-electron chi connectivity index (χ4n) is 4.47. The lowest BCUT2D eigenvalue weighted by molar-refractivity contribution is -0.154. The van der Waals surface area contributed by atoms with E-state index in [9.17, 15) is 22.8 Å². The van der Waals surface area contributed by atoms with Crippen LogP contribution in [0.3, 0.4) is 0 Å². The summed E-state index contributed by atoms with van der Waals surface area (Å²) in [6.07, 6.45) is -5.09. The highest BCUT2D eigenvalue weighted by Crippen LogP contribution is 2.41. The molecule has 0 atom stereocenters. The number of carbonyl (C=O) groups is 1. The van der Waals surface area contributed by atoms with Crippen LogP contribution in [0.4, 0.5) is 13.2 Å². The number of carbonyl (C=O) groups excluding carboxylic acids is 1. The Labute approximate surface area is 243 Å². The van der Waals surface area contributed by atoms with Crippen LogP contribution < -0.4 is 19.6 Å². The van der Waals surface area contributed by atoms with Crippen LogP contribution in [0.2, 0.25) is 5.02 Å². The predicted molar refractivity (Wildman–Crippen MR) is 148 cm³/mol. The van der Waals surface area contributed by atoms with E-state index in [-0.39, 0.29) is 40.1 Å². The molecule has 1 aliphatic heterocycles. The molecule has 220 valence electrons. The fraction of sp³-hybridized carbons (Fsp3) is 0.267. The summed E-state index contributed by atoms with van der Waals surface area (Å²) in [6.45, 7) is 3.42. The normalized spacial score (nSPS) is 14.1. The van der Waals surface area contributed by atoms with Crippen molar-refractivity contribution in [2.75, 3.05) is 33.4 Å². The molecule has 3 aromatic carbocycles. The molecule has 0 N–H and O–H groups in total.